The van der Waals surface area contributed by atoms with Crippen molar-refractivity contribution in [3.8, 4) is 0 Å². The second kappa shape index (κ2) is 3.76. The van der Waals surface area contributed by atoms with Gasteiger partial charge < -0.3 is 5.73 Å². The van der Waals surface area contributed by atoms with E-state index in [0.29, 0.717) is 0 Å². The fourth-order valence-corrected chi connectivity index (χ4v) is 1.11. The predicted molar refractivity (Wildman–Crippen MR) is 43.1 cm³/mol. The second-order valence-corrected chi connectivity index (χ2v) is 3.91. The molecule has 5 N–H and O–H groups in total. The second-order valence-electron chi connectivity index (χ2n) is 1.23. The van der Waals surface area contributed by atoms with E-state index >= 15 is 0 Å². The van der Waals surface area contributed by atoms with E-state index < -0.39 is 11.2 Å². The predicted octanol–water partition coefficient (Wildman–Crippen LogP) is 0.269. The lowest BCUT2D eigenvalue weighted by atomic mass is 11.4. The third-order valence-corrected chi connectivity index (χ3v) is 2.39. The van der Waals surface area contributed by atoms with Crippen molar-refractivity contribution in [3.05, 3.63) is 0 Å². The molecular weight excluding hydrogens is 158 g/mol. The smallest absolute Gasteiger partial charge is 0.316 e. The Bertz CT molecular complexity index is 135. The molecule has 0 rings (SSSR count). The zero-order valence-electron chi connectivity index (χ0n) is 4.84. The highest BCUT2D eigenvalue weighted by Crippen LogP contribution is 2.05. The van der Waals surface area contributed by atoms with Crippen molar-refractivity contribution in [1.82, 2.24) is 0 Å². The van der Waals surface area contributed by atoms with E-state index in [2.05, 4.69) is 0 Å². The summed E-state index contributed by atoms with van der Waals surface area (Å²) in [6.45, 7) is 0. The van der Waals surface area contributed by atoms with Crippen molar-refractivity contribution < 1.29 is 4.55 Å². The van der Waals surface area contributed by atoms with Crippen LogP contribution in [0.3, 0.4) is 0 Å². The molecule has 6 heteroatoms. The van der Waals surface area contributed by atoms with E-state index in [9.17, 15) is 0 Å². The first-order chi connectivity index (χ1) is 4.04. The number of nitrogens with two attached hydrogens (primary N) is 1. The van der Waals surface area contributed by atoms with Gasteiger partial charge in [-0.2, -0.15) is 4.55 Å². The molecule has 0 aromatic rings. The van der Waals surface area contributed by atoms with Crippen LogP contribution in [0.5, 0.6) is 0 Å². The number of nitrogens with one attached hydrogen (secondary N) is 2. The van der Waals surface area contributed by atoms with Gasteiger partial charge in [-0.15, -0.1) is 0 Å². The molecular formula is C3H8N3OS2+. The highest BCUT2D eigenvalue weighted by Gasteiger charge is 2.17. The summed E-state index contributed by atoms with van der Waals surface area (Å²) in [6, 6.07) is 0. The van der Waals surface area contributed by atoms with Crippen molar-refractivity contribution in [1.29, 1.82) is 10.8 Å². The van der Waals surface area contributed by atoms with E-state index in [1.54, 1.807) is 0 Å². The first-order valence-electron chi connectivity index (χ1n) is 1.99. The molecule has 0 saturated heterocycles. The van der Waals surface area contributed by atoms with Crippen LogP contribution in [0.4, 0.5) is 0 Å². The van der Waals surface area contributed by atoms with Crippen LogP contribution in [-0.2, 0) is 11.2 Å². The molecule has 1 unspecified atom stereocenters. The summed E-state index contributed by atoms with van der Waals surface area (Å²) in [5.41, 5.74) is 4.93. The van der Waals surface area contributed by atoms with Crippen LogP contribution in [0.25, 0.3) is 0 Å². The summed E-state index contributed by atoms with van der Waals surface area (Å²) in [6.07, 6.45) is 1.48. The monoisotopic (exact) mass is 166 g/mol. The Morgan fingerprint density at radius 2 is 2.11 bits per heavy atom. The largest absolute Gasteiger partial charge is 0.378 e. The minimum Gasteiger partial charge on any atom is -0.378 e. The van der Waals surface area contributed by atoms with Gasteiger partial charge in [0.15, 0.2) is 5.17 Å². The Morgan fingerprint density at radius 1 is 1.67 bits per heavy atom. The quantitative estimate of drug-likeness (QED) is 0.236. The molecule has 0 amide bonds. The van der Waals surface area contributed by atoms with Gasteiger partial charge in [-0.3, -0.25) is 5.41 Å². The van der Waals surface area contributed by atoms with Gasteiger partial charge in [0.05, 0.1) is 0 Å². The highest BCUT2D eigenvalue weighted by atomic mass is 32.3. The van der Waals surface area contributed by atoms with E-state index in [1.165, 1.54) is 6.26 Å². The van der Waals surface area contributed by atoms with Crippen LogP contribution in [-0.4, -0.2) is 20.4 Å². The Kier molecular flexibility index (Phi) is 3.67. The van der Waals surface area contributed by atoms with Crippen molar-refractivity contribution in [3.63, 3.8) is 0 Å². The van der Waals surface area contributed by atoms with E-state index in [-0.39, 0.29) is 9.54 Å². The molecule has 0 aromatic heterocycles. The maximum atomic E-state index is 8.70. The third kappa shape index (κ3) is 4.31. The van der Waals surface area contributed by atoms with Gasteiger partial charge in [-0.25, -0.2) is 5.41 Å². The van der Waals surface area contributed by atoms with Gasteiger partial charge in [0.2, 0.25) is 11.2 Å². The van der Waals surface area contributed by atoms with Crippen LogP contribution in [0.1, 0.15) is 0 Å². The molecule has 0 heterocycles. The molecule has 4 nitrogen and oxygen atoms in total. The van der Waals surface area contributed by atoms with Crippen LogP contribution in [0, 0.1) is 10.8 Å². The third-order valence-electron chi connectivity index (χ3n) is 0.471. The summed E-state index contributed by atoms with van der Waals surface area (Å²) in [5, 5.41) is 13.5. The van der Waals surface area contributed by atoms with Gasteiger partial charge in [-0.05, 0) is 0 Å². The first-order valence-corrected chi connectivity index (χ1v) is 4.40. The fourth-order valence-electron chi connectivity index (χ4n) is 0.160. The van der Waals surface area contributed by atoms with E-state index in [4.69, 9.17) is 21.1 Å². The molecule has 0 spiro atoms. The van der Waals surface area contributed by atoms with Crippen LogP contribution in [0.2, 0.25) is 0 Å². The zero-order chi connectivity index (χ0) is 7.44. The molecule has 9 heavy (non-hydrogen) atoms. The average Bonchev–Trinajstić information content (AvgIpc) is 1.63. The lowest BCUT2D eigenvalue weighted by molar-refractivity contribution is 0.656. The normalized spacial score (nSPS) is 12.7. The molecule has 0 aromatic carbocycles. The standard InChI is InChI=1S/C3H8N3OS2/c1-9(7)3(6)8-2(4)5/h6-7H,1H3,(H3,4,5)/q+1. The lowest BCUT2D eigenvalue weighted by Crippen LogP contribution is -2.13. The van der Waals surface area contributed by atoms with Gasteiger partial charge in [0.1, 0.15) is 6.26 Å². The highest BCUT2D eigenvalue weighted by molar-refractivity contribution is 8.41. The molecule has 0 fully saturated rings. The van der Waals surface area contributed by atoms with Gasteiger partial charge >= 0.3 is 4.38 Å². The van der Waals surface area contributed by atoms with Crippen LogP contribution >= 0.6 is 11.8 Å². The molecule has 0 saturated carbocycles. The molecule has 1 atom stereocenters. The SMILES string of the molecule is C[S+](O)C(=N)SC(=N)N. The van der Waals surface area contributed by atoms with Gasteiger partial charge in [-0.1, -0.05) is 0 Å². The van der Waals surface area contributed by atoms with Crippen molar-refractivity contribution in [2.24, 2.45) is 5.73 Å². The van der Waals surface area contributed by atoms with E-state index in [1.807, 2.05) is 0 Å². The number of thioether (sulfide) groups is 1. The molecule has 0 radical (unpaired) electrons. The van der Waals surface area contributed by atoms with Crippen molar-refractivity contribution in [2.45, 2.75) is 0 Å². The zero-order valence-corrected chi connectivity index (χ0v) is 6.47. The minimum absolute atomic E-state index is 0.0301. The number of hydrogen-bond acceptors (Lipinski definition) is 4. The molecule has 52 valence electrons. The number of hydrogen-bond donors (Lipinski definition) is 4. The Balaban J connectivity index is 3.64. The van der Waals surface area contributed by atoms with Crippen molar-refractivity contribution >= 4 is 32.5 Å². The Hall–Kier alpha value is -0.200. The average molecular weight is 166 g/mol. The van der Waals surface area contributed by atoms with E-state index in [0.717, 1.165) is 11.8 Å². The molecule has 0 aliphatic heterocycles. The van der Waals surface area contributed by atoms with Crippen molar-refractivity contribution in [2.75, 3.05) is 6.26 Å². The van der Waals surface area contributed by atoms with Gasteiger partial charge in [0, 0.05) is 11.8 Å². The fraction of sp³-hybridized carbons (Fsp3) is 0.333. The summed E-state index contributed by atoms with van der Waals surface area (Å²) in [4.78, 5) is 0. The Labute approximate surface area is 60.4 Å². The number of rotatable bonds is 0. The van der Waals surface area contributed by atoms with Crippen LogP contribution < -0.4 is 5.73 Å². The first kappa shape index (κ1) is 8.80. The number of amidine groups is 1. The molecule has 0 aliphatic carbocycles. The lowest BCUT2D eigenvalue weighted by Gasteiger charge is -1.91. The summed E-state index contributed by atoms with van der Waals surface area (Å²) in [7, 11) is 0. The van der Waals surface area contributed by atoms with Crippen LogP contribution in [0.15, 0.2) is 0 Å². The molecule has 0 bridgehead atoms. The maximum Gasteiger partial charge on any atom is 0.316 e. The summed E-state index contributed by atoms with van der Waals surface area (Å²) >= 11 is -0.286. The van der Waals surface area contributed by atoms with Gasteiger partial charge in [0.25, 0.3) is 0 Å². The maximum absolute atomic E-state index is 8.70. The summed E-state index contributed by atoms with van der Waals surface area (Å²) < 4.78 is 8.73. The topological polar surface area (TPSA) is 94.0 Å². The molecule has 0 aliphatic rings. The summed E-state index contributed by atoms with van der Waals surface area (Å²) in [5.74, 6) is 0. The Morgan fingerprint density at radius 3 is 2.22 bits per heavy atom. The minimum atomic E-state index is -1.06.